The molecule has 0 aromatic heterocycles. The number of halogens is 4. The van der Waals surface area contributed by atoms with Crippen molar-refractivity contribution in [1.29, 1.82) is 0 Å². The third-order valence-electron chi connectivity index (χ3n) is 4.42. The first-order valence-electron chi connectivity index (χ1n) is 9.11. The Balaban J connectivity index is 2.15. The molecule has 5 nitrogen and oxygen atoms in total. The molecule has 0 bridgehead atoms. The average molecular weight is 426 g/mol. The highest BCUT2D eigenvalue weighted by Crippen LogP contribution is 2.32. The van der Waals surface area contributed by atoms with Crippen molar-refractivity contribution in [2.45, 2.75) is 32.6 Å². The van der Waals surface area contributed by atoms with E-state index in [1.807, 2.05) is 0 Å². The van der Waals surface area contributed by atoms with Crippen LogP contribution in [0.5, 0.6) is 5.75 Å². The monoisotopic (exact) mass is 426 g/mol. The van der Waals surface area contributed by atoms with Gasteiger partial charge < -0.3 is 15.4 Å². The van der Waals surface area contributed by atoms with E-state index in [4.69, 9.17) is 4.74 Å². The van der Waals surface area contributed by atoms with E-state index in [9.17, 15) is 27.2 Å². The van der Waals surface area contributed by atoms with Gasteiger partial charge in [-0.3, -0.25) is 9.59 Å². The van der Waals surface area contributed by atoms with Gasteiger partial charge >= 0.3 is 6.18 Å². The Morgan fingerprint density at radius 1 is 1.10 bits per heavy atom. The molecule has 0 heterocycles. The summed E-state index contributed by atoms with van der Waals surface area (Å²) in [5, 5.41) is 4.97. The van der Waals surface area contributed by atoms with Crippen LogP contribution in [0.2, 0.25) is 0 Å². The second-order valence-corrected chi connectivity index (χ2v) is 6.91. The zero-order valence-corrected chi connectivity index (χ0v) is 16.6. The van der Waals surface area contributed by atoms with Gasteiger partial charge in [0.2, 0.25) is 5.91 Å². The molecule has 0 radical (unpaired) electrons. The highest BCUT2D eigenvalue weighted by atomic mass is 19.4. The van der Waals surface area contributed by atoms with Gasteiger partial charge in [0.15, 0.2) is 0 Å². The number of hydrogen-bond donors (Lipinski definition) is 2. The van der Waals surface area contributed by atoms with Crippen LogP contribution in [0.4, 0.5) is 17.6 Å². The first-order valence-corrected chi connectivity index (χ1v) is 9.11. The fraction of sp³-hybridized carbons (Fsp3) is 0.333. The summed E-state index contributed by atoms with van der Waals surface area (Å²) in [5.41, 5.74) is -1.23. The van der Waals surface area contributed by atoms with E-state index in [0.717, 1.165) is 12.1 Å². The number of ether oxygens (including phenoxy) is 1. The van der Waals surface area contributed by atoms with Gasteiger partial charge in [-0.25, -0.2) is 4.39 Å². The summed E-state index contributed by atoms with van der Waals surface area (Å²) in [7, 11) is 1.40. The smallest absolute Gasteiger partial charge is 0.416 e. The summed E-state index contributed by atoms with van der Waals surface area (Å²) >= 11 is 0. The molecular formula is C21H22F4N2O3. The maximum atomic E-state index is 13.2. The SMILES string of the molecule is COc1ccccc1C(=O)NC(C(=O)NCc1ccc(F)cc1C(F)(F)F)C(C)C. The lowest BCUT2D eigenvalue weighted by molar-refractivity contribution is -0.138. The van der Waals surface area contributed by atoms with E-state index in [-0.39, 0.29) is 17.0 Å². The number of rotatable bonds is 7. The number of carbonyl (C=O) groups is 2. The van der Waals surface area contributed by atoms with E-state index >= 15 is 0 Å². The Labute approximate surface area is 171 Å². The molecule has 9 heteroatoms. The van der Waals surface area contributed by atoms with Crippen molar-refractivity contribution < 1.29 is 31.9 Å². The lowest BCUT2D eigenvalue weighted by Crippen LogP contribution is -2.49. The lowest BCUT2D eigenvalue weighted by atomic mass is 10.0. The second-order valence-electron chi connectivity index (χ2n) is 6.91. The molecule has 0 saturated carbocycles. The predicted octanol–water partition coefficient (Wildman–Crippen LogP) is 3.92. The van der Waals surface area contributed by atoms with Crippen LogP contribution in [0.3, 0.4) is 0 Å². The number of alkyl halides is 3. The van der Waals surface area contributed by atoms with Crippen LogP contribution in [-0.2, 0) is 17.5 Å². The molecule has 0 aliphatic carbocycles. The van der Waals surface area contributed by atoms with Gasteiger partial charge in [-0.1, -0.05) is 32.0 Å². The van der Waals surface area contributed by atoms with Gasteiger partial charge in [-0.05, 0) is 35.7 Å². The molecule has 0 spiro atoms. The minimum atomic E-state index is -4.77. The van der Waals surface area contributed by atoms with E-state index in [0.29, 0.717) is 11.8 Å². The minimum Gasteiger partial charge on any atom is -0.496 e. The first kappa shape index (κ1) is 23.2. The van der Waals surface area contributed by atoms with Crippen LogP contribution in [0.25, 0.3) is 0 Å². The molecular weight excluding hydrogens is 404 g/mol. The first-order chi connectivity index (χ1) is 14.0. The van der Waals surface area contributed by atoms with Crippen LogP contribution in [0.1, 0.15) is 35.3 Å². The fourth-order valence-corrected chi connectivity index (χ4v) is 2.85. The van der Waals surface area contributed by atoms with Crippen LogP contribution < -0.4 is 15.4 Å². The second kappa shape index (κ2) is 9.60. The molecule has 2 rings (SSSR count). The zero-order chi connectivity index (χ0) is 22.5. The van der Waals surface area contributed by atoms with Crippen molar-refractivity contribution >= 4 is 11.8 Å². The van der Waals surface area contributed by atoms with Gasteiger partial charge in [-0.2, -0.15) is 13.2 Å². The van der Waals surface area contributed by atoms with Gasteiger partial charge in [0, 0.05) is 6.54 Å². The zero-order valence-electron chi connectivity index (χ0n) is 16.6. The molecule has 1 unspecified atom stereocenters. The van der Waals surface area contributed by atoms with E-state index < -0.39 is 42.0 Å². The van der Waals surface area contributed by atoms with Gasteiger partial charge in [0.25, 0.3) is 5.91 Å². The van der Waals surface area contributed by atoms with Gasteiger partial charge in [-0.15, -0.1) is 0 Å². The van der Waals surface area contributed by atoms with Crippen molar-refractivity contribution in [3.05, 3.63) is 65.0 Å². The normalized spacial score (nSPS) is 12.4. The summed E-state index contributed by atoms with van der Waals surface area (Å²) in [6.07, 6.45) is -4.77. The number of methoxy groups -OCH3 is 1. The largest absolute Gasteiger partial charge is 0.496 e. The number of nitrogens with one attached hydrogen (secondary N) is 2. The van der Waals surface area contributed by atoms with Crippen LogP contribution in [-0.4, -0.2) is 25.0 Å². The van der Waals surface area contributed by atoms with Crippen LogP contribution >= 0.6 is 0 Å². The Hall–Kier alpha value is -3.10. The fourth-order valence-electron chi connectivity index (χ4n) is 2.85. The highest BCUT2D eigenvalue weighted by molar-refractivity contribution is 5.99. The van der Waals surface area contributed by atoms with Crippen LogP contribution in [0, 0.1) is 11.7 Å². The third-order valence-corrected chi connectivity index (χ3v) is 4.42. The van der Waals surface area contributed by atoms with Crippen molar-refractivity contribution in [3.8, 4) is 5.75 Å². The van der Waals surface area contributed by atoms with Crippen molar-refractivity contribution in [2.75, 3.05) is 7.11 Å². The summed E-state index contributed by atoms with van der Waals surface area (Å²) in [6, 6.07) is 7.67. The van der Waals surface area contributed by atoms with Gasteiger partial charge in [0.05, 0.1) is 18.2 Å². The molecule has 0 saturated heterocycles. The summed E-state index contributed by atoms with van der Waals surface area (Å²) in [4.78, 5) is 25.2. The standard InChI is InChI=1S/C21H22F4N2O3/c1-12(2)18(27-19(28)15-6-4-5-7-17(15)30-3)20(29)26-11-13-8-9-14(22)10-16(13)21(23,24)25/h4-10,12,18H,11H2,1-3H3,(H,26,29)(H,27,28). The highest BCUT2D eigenvalue weighted by Gasteiger charge is 2.34. The predicted molar refractivity (Wildman–Crippen MR) is 102 cm³/mol. The van der Waals surface area contributed by atoms with E-state index in [1.54, 1.807) is 32.0 Å². The lowest BCUT2D eigenvalue weighted by Gasteiger charge is -2.23. The number of hydrogen-bond acceptors (Lipinski definition) is 3. The van der Waals surface area contributed by atoms with Crippen molar-refractivity contribution in [3.63, 3.8) is 0 Å². The molecule has 2 aromatic rings. The number of amides is 2. The molecule has 0 fully saturated rings. The third kappa shape index (κ3) is 5.71. The summed E-state index contributed by atoms with van der Waals surface area (Å²) < 4.78 is 57.7. The molecule has 2 N–H and O–H groups in total. The molecule has 0 aliphatic rings. The number of carbonyl (C=O) groups excluding carboxylic acids is 2. The average Bonchev–Trinajstić information content (AvgIpc) is 2.69. The van der Waals surface area contributed by atoms with Crippen molar-refractivity contribution in [2.24, 2.45) is 5.92 Å². The van der Waals surface area contributed by atoms with Crippen molar-refractivity contribution in [1.82, 2.24) is 10.6 Å². The summed E-state index contributed by atoms with van der Waals surface area (Å²) in [6.45, 7) is 2.90. The minimum absolute atomic E-state index is 0.219. The summed E-state index contributed by atoms with van der Waals surface area (Å²) in [5.74, 6) is -2.27. The molecule has 1 atom stereocenters. The Bertz CT molecular complexity index is 913. The quantitative estimate of drug-likeness (QED) is 0.660. The Morgan fingerprint density at radius 3 is 2.37 bits per heavy atom. The maximum absolute atomic E-state index is 13.2. The molecule has 0 aliphatic heterocycles. The van der Waals surface area contributed by atoms with Crippen LogP contribution in [0.15, 0.2) is 42.5 Å². The Kier molecular flexibility index (Phi) is 7.42. The topological polar surface area (TPSA) is 67.4 Å². The number of para-hydroxylation sites is 1. The molecule has 30 heavy (non-hydrogen) atoms. The maximum Gasteiger partial charge on any atom is 0.416 e. The van der Waals surface area contributed by atoms with Gasteiger partial charge in [0.1, 0.15) is 17.6 Å². The van der Waals surface area contributed by atoms with E-state index in [1.165, 1.54) is 13.2 Å². The molecule has 2 aromatic carbocycles. The molecule has 162 valence electrons. The Morgan fingerprint density at radius 2 is 1.77 bits per heavy atom. The number of benzene rings is 2. The molecule has 2 amide bonds. The van der Waals surface area contributed by atoms with E-state index in [2.05, 4.69) is 10.6 Å².